The van der Waals surface area contributed by atoms with Crippen LogP contribution in [0.5, 0.6) is 11.8 Å². The molecule has 0 atom stereocenters. The Morgan fingerprint density at radius 3 is 2.75 bits per heavy atom. The van der Waals surface area contributed by atoms with E-state index in [1.807, 2.05) is 6.92 Å². The van der Waals surface area contributed by atoms with Gasteiger partial charge < -0.3 is 14.2 Å². The van der Waals surface area contributed by atoms with Crippen molar-refractivity contribution in [2.75, 3.05) is 46.0 Å². The predicted molar refractivity (Wildman–Crippen MR) is 103 cm³/mol. The van der Waals surface area contributed by atoms with Gasteiger partial charge in [0.25, 0.3) is 0 Å². The maximum Gasteiger partial charge on any atom is 0.246 e. The number of piperidine rings is 1. The van der Waals surface area contributed by atoms with Crippen molar-refractivity contribution in [3.63, 3.8) is 0 Å². The van der Waals surface area contributed by atoms with Crippen LogP contribution in [-0.4, -0.2) is 69.9 Å². The van der Waals surface area contributed by atoms with Crippen LogP contribution in [0.4, 0.5) is 0 Å². The molecule has 4 heterocycles. The van der Waals surface area contributed by atoms with Crippen molar-refractivity contribution in [2.24, 2.45) is 0 Å². The summed E-state index contributed by atoms with van der Waals surface area (Å²) in [4.78, 5) is 6.95. The number of fused-ring (bicyclic) bond motifs is 1. The van der Waals surface area contributed by atoms with E-state index in [1.165, 1.54) is 19.3 Å². The van der Waals surface area contributed by atoms with Crippen LogP contribution < -0.4 is 14.2 Å². The number of nitrogens with zero attached hydrogens (tertiary/aromatic N) is 2. The third kappa shape index (κ3) is 4.27. The highest BCUT2D eigenvalue weighted by molar-refractivity contribution is 7.89. The quantitative estimate of drug-likeness (QED) is 0.802. The molecule has 1 aromatic heterocycles. The summed E-state index contributed by atoms with van der Waals surface area (Å²) in [5.74, 6) is 0.570. The Morgan fingerprint density at radius 1 is 1.25 bits per heavy atom. The van der Waals surface area contributed by atoms with Crippen molar-refractivity contribution >= 4 is 10.0 Å². The maximum atomic E-state index is 12.7. The van der Waals surface area contributed by atoms with E-state index < -0.39 is 15.6 Å². The lowest BCUT2D eigenvalue weighted by Crippen LogP contribution is -2.49. The van der Waals surface area contributed by atoms with Gasteiger partial charge in [0.2, 0.25) is 21.8 Å². The van der Waals surface area contributed by atoms with Crippen LogP contribution in [0.25, 0.3) is 0 Å². The third-order valence-corrected chi connectivity index (χ3v) is 7.18. The highest BCUT2D eigenvalue weighted by atomic mass is 32.2. The molecule has 1 aromatic rings. The zero-order chi connectivity index (χ0) is 19.6. The summed E-state index contributed by atoms with van der Waals surface area (Å²) >= 11 is 0. The molecule has 3 aliphatic rings. The number of sulfonamides is 1. The Labute approximate surface area is 166 Å². The Morgan fingerprint density at radius 2 is 2.00 bits per heavy atom. The first-order chi connectivity index (χ1) is 13.5. The minimum absolute atomic E-state index is 0.0803. The zero-order valence-corrected chi connectivity index (χ0v) is 17.2. The van der Waals surface area contributed by atoms with E-state index in [0.29, 0.717) is 44.1 Å². The van der Waals surface area contributed by atoms with Gasteiger partial charge in [-0.2, -0.15) is 4.98 Å². The fourth-order valence-corrected chi connectivity index (χ4v) is 5.25. The molecule has 0 amide bonds. The van der Waals surface area contributed by atoms with Gasteiger partial charge in [-0.15, -0.1) is 0 Å². The number of hydrogen-bond acceptors (Lipinski definition) is 7. The third-order valence-electron chi connectivity index (χ3n) is 5.78. The largest absolute Gasteiger partial charge is 0.476 e. The Balaban J connectivity index is 1.53. The molecule has 4 rings (SSSR count). The average molecular weight is 412 g/mol. The molecule has 2 saturated heterocycles. The maximum absolute atomic E-state index is 12.7. The van der Waals surface area contributed by atoms with E-state index in [1.54, 1.807) is 6.07 Å². The van der Waals surface area contributed by atoms with E-state index in [0.717, 1.165) is 19.6 Å². The van der Waals surface area contributed by atoms with Crippen LogP contribution in [0.3, 0.4) is 0 Å². The molecule has 0 saturated carbocycles. The molecule has 2 fully saturated rings. The summed E-state index contributed by atoms with van der Waals surface area (Å²) in [6.07, 6.45) is 5.02. The Kier molecular flexibility index (Phi) is 5.78. The van der Waals surface area contributed by atoms with Gasteiger partial charge in [-0.05, 0) is 38.9 Å². The smallest absolute Gasteiger partial charge is 0.246 e. The van der Waals surface area contributed by atoms with E-state index >= 15 is 0 Å². The number of aryl methyl sites for hydroxylation is 1. The number of pyridine rings is 1. The van der Waals surface area contributed by atoms with Crippen molar-refractivity contribution in [3.05, 3.63) is 11.6 Å². The van der Waals surface area contributed by atoms with Gasteiger partial charge in [0.05, 0.1) is 19.8 Å². The molecular formula is C19H29N3O5S. The Bertz CT molecular complexity index is 802. The molecule has 1 spiro atoms. The summed E-state index contributed by atoms with van der Waals surface area (Å²) in [5, 5.41) is 0. The van der Waals surface area contributed by atoms with E-state index in [9.17, 15) is 8.42 Å². The zero-order valence-electron chi connectivity index (χ0n) is 16.4. The number of rotatable bonds is 4. The van der Waals surface area contributed by atoms with Gasteiger partial charge in [-0.3, -0.25) is 4.90 Å². The van der Waals surface area contributed by atoms with Crippen molar-refractivity contribution in [3.8, 4) is 11.8 Å². The van der Waals surface area contributed by atoms with Crippen LogP contribution in [0.15, 0.2) is 11.0 Å². The van der Waals surface area contributed by atoms with Gasteiger partial charge in [0, 0.05) is 24.9 Å². The molecule has 156 valence electrons. The van der Waals surface area contributed by atoms with Crippen LogP contribution in [0.2, 0.25) is 0 Å². The highest BCUT2D eigenvalue weighted by Crippen LogP contribution is 2.36. The van der Waals surface area contributed by atoms with Crippen molar-refractivity contribution in [1.29, 1.82) is 0 Å². The molecular weight excluding hydrogens is 382 g/mol. The second kappa shape index (κ2) is 8.14. The lowest BCUT2D eigenvalue weighted by Gasteiger charge is -2.35. The van der Waals surface area contributed by atoms with E-state index in [4.69, 9.17) is 14.2 Å². The first-order valence-electron chi connectivity index (χ1n) is 10.1. The SMILES string of the molecule is Cc1cc2c(nc1OCCN1CCCCC1)OC1(CCOCC1)CNS2(=O)=O. The van der Waals surface area contributed by atoms with Crippen molar-refractivity contribution in [1.82, 2.24) is 14.6 Å². The standard InChI is InChI=1S/C19H29N3O5S/c1-15-13-16-18(21-17(15)26-12-9-22-7-3-2-4-8-22)27-19(5-10-25-11-6-19)14-20-28(16,23)24/h13,20H,2-12,14H2,1H3. The molecule has 3 aliphatic heterocycles. The van der Waals surface area contributed by atoms with Gasteiger partial charge in [-0.25, -0.2) is 13.1 Å². The second-order valence-corrected chi connectivity index (χ2v) is 9.62. The number of nitrogens with one attached hydrogen (secondary N) is 1. The monoisotopic (exact) mass is 411 g/mol. The summed E-state index contributed by atoms with van der Waals surface area (Å²) in [6.45, 7) is 6.71. The lowest BCUT2D eigenvalue weighted by molar-refractivity contribution is -0.0445. The molecule has 0 aromatic carbocycles. The number of aromatic nitrogens is 1. The van der Waals surface area contributed by atoms with Gasteiger partial charge >= 0.3 is 0 Å². The Hall–Kier alpha value is -1.42. The molecule has 8 nitrogen and oxygen atoms in total. The normalized spacial score (nSPS) is 24.2. The molecule has 9 heteroatoms. The van der Waals surface area contributed by atoms with Crippen molar-refractivity contribution < 1.29 is 22.6 Å². The molecule has 0 radical (unpaired) electrons. The first-order valence-corrected chi connectivity index (χ1v) is 11.6. The second-order valence-electron chi connectivity index (χ2n) is 7.89. The molecule has 1 N–H and O–H groups in total. The summed E-state index contributed by atoms with van der Waals surface area (Å²) in [6, 6.07) is 1.60. The highest BCUT2D eigenvalue weighted by Gasteiger charge is 2.41. The summed E-state index contributed by atoms with van der Waals surface area (Å²) in [5.41, 5.74) is 0.0680. The van der Waals surface area contributed by atoms with Crippen LogP contribution in [0, 0.1) is 6.92 Å². The number of hydrogen-bond donors (Lipinski definition) is 1. The first kappa shape index (κ1) is 19.9. The van der Waals surface area contributed by atoms with Crippen LogP contribution in [0.1, 0.15) is 37.7 Å². The van der Waals surface area contributed by atoms with Crippen LogP contribution in [-0.2, 0) is 14.8 Å². The number of likely N-dealkylation sites (tertiary alicyclic amines) is 1. The lowest BCUT2D eigenvalue weighted by atomic mass is 9.94. The van der Waals surface area contributed by atoms with E-state index in [-0.39, 0.29) is 17.3 Å². The van der Waals surface area contributed by atoms with Crippen molar-refractivity contribution in [2.45, 2.75) is 49.5 Å². The molecule has 28 heavy (non-hydrogen) atoms. The fraction of sp³-hybridized carbons (Fsp3) is 0.737. The van der Waals surface area contributed by atoms with Gasteiger partial charge in [-0.1, -0.05) is 6.42 Å². The van der Waals surface area contributed by atoms with E-state index in [2.05, 4.69) is 14.6 Å². The van der Waals surface area contributed by atoms with Gasteiger partial charge in [0.1, 0.15) is 17.1 Å². The summed E-state index contributed by atoms with van der Waals surface area (Å²) in [7, 11) is -3.67. The summed E-state index contributed by atoms with van der Waals surface area (Å²) < 4.78 is 45.6. The minimum Gasteiger partial charge on any atom is -0.476 e. The molecule has 0 unspecified atom stereocenters. The molecule has 0 aliphatic carbocycles. The topological polar surface area (TPSA) is 90.0 Å². The fourth-order valence-electron chi connectivity index (χ4n) is 3.99. The van der Waals surface area contributed by atoms with Gasteiger partial charge in [0.15, 0.2) is 0 Å². The van der Waals surface area contributed by atoms with Crippen LogP contribution >= 0.6 is 0 Å². The predicted octanol–water partition coefficient (Wildman–Crippen LogP) is 1.47. The number of ether oxygens (including phenoxy) is 3. The molecule has 0 bridgehead atoms. The average Bonchev–Trinajstić information content (AvgIpc) is 2.79. The minimum atomic E-state index is -3.67.